The van der Waals surface area contributed by atoms with Gasteiger partial charge in [0.25, 0.3) is 0 Å². The molecule has 1 aromatic rings. The lowest BCUT2D eigenvalue weighted by molar-refractivity contribution is -0.135. The molecule has 5 heteroatoms. The minimum absolute atomic E-state index is 0.133. The van der Waals surface area contributed by atoms with Crippen LogP contribution in [0.5, 0.6) is 0 Å². The van der Waals surface area contributed by atoms with Gasteiger partial charge >= 0.3 is 0 Å². The number of aryl methyl sites for hydroxylation is 2. The van der Waals surface area contributed by atoms with Gasteiger partial charge in [0.2, 0.25) is 11.8 Å². The van der Waals surface area contributed by atoms with Gasteiger partial charge in [-0.15, -0.1) is 11.8 Å². The minimum atomic E-state index is -0.294. The predicted octanol–water partition coefficient (Wildman–Crippen LogP) is 3.76. The van der Waals surface area contributed by atoms with Crippen LogP contribution in [0.15, 0.2) is 11.0 Å². The molecule has 26 heavy (non-hydrogen) atoms. The fraction of sp³-hybridized carbons (Fsp3) is 0.619. The lowest BCUT2D eigenvalue weighted by atomic mass is 9.96. The summed E-state index contributed by atoms with van der Waals surface area (Å²) in [7, 11) is 0. The standard InChI is InChI=1S/C21H32N2O2S/c1-12(2)18(21(25)23-9-7-8-17(11-23)20(22)24)26-19-15(5)13(3)10-14(4)16(19)6/h10,12,17-18H,7-9,11H2,1-6H3,(H2,22,24)/t17-,18-/m1/s1. The van der Waals surface area contributed by atoms with Gasteiger partial charge in [0, 0.05) is 18.0 Å². The number of primary amides is 1. The second-order valence-electron chi connectivity index (χ2n) is 7.90. The zero-order valence-corrected chi connectivity index (χ0v) is 17.7. The Hall–Kier alpha value is -1.49. The Labute approximate surface area is 161 Å². The van der Waals surface area contributed by atoms with E-state index in [2.05, 4.69) is 47.6 Å². The van der Waals surface area contributed by atoms with Crippen LogP contribution in [0.4, 0.5) is 0 Å². The van der Waals surface area contributed by atoms with Crippen LogP contribution in [-0.2, 0) is 9.59 Å². The van der Waals surface area contributed by atoms with Crippen LogP contribution in [0, 0.1) is 39.5 Å². The number of carbonyl (C=O) groups excluding carboxylic acids is 2. The summed E-state index contributed by atoms with van der Waals surface area (Å²) in [5, 5.41) is -0.153. The third-order valence-electron chi connectivity index (χ3n) is 5.53. The molecule has 0 aromatic heterocycles. The number of thioether (sulfide) groups is 1. The van der Waals surface area contributed by atoms with Crippen molar-refractivity contribution in [1.82, 2.24) is 4.90 Å². The number of carbonyl (C=O) groups is 2. The third kappa shape index (κ3) is 4.43. The first-order chi connectivity index (χ1) is 12.1. The van der Waals surface area contributed by atoms with Gasteiger partial charge in [-0.25, -0.2) is 0 Å². The van der Waals surface area contributed by atoms with Crippen molar-refractivity contribution in [2.75, 3.05) is 13.1 Å². The highest BCUT2D eigenvalue weighted by atomic mass is 32.2. The maximum Gasteiger partial charge on any atom is 0.236 e. The van der Waals surface area contributed by atoms with E-state index >= 15 is 0 Å². The molecule has 1 saturated heterocycles. The quantitative estimate of drug-likeness (QED) is 0.796. The zero-order valence-electron chi connectivity index (χ0n) is 16.9. The second kappa shape index (κ2) is 8.47. The first-order valence-electron chi connectivity index (χ1n) is 9.45. The van der Waals surface area contributed by atoms with E-state index in [1.54, 1.807) is 11.8 Å². The number of rotatable bonds is 5. The largest absolute Gasteiger partial charge is 0.369 e. The fourth-order valence-electron chi connectivity index (χ4n) is 3.55. The zero-order chi connectivity index (χ0) is 19.6. The van der Waals surface area contributed by atoms with E-state index in [9.17, 15) is 9.59 Å². The molecule has 0 bridgehead atoms. The molecule has 1 aromatic carbocycles. The molecule has 2 N–H and O–H groups in total. The van der Waals surface area contributed by atoms with Gasteiger partial charge in [-0.05, 0) is 68.7 Å². The van der Waals surface area contributed by atoms with Gasteiger partial charge in [0.15, 0.2) is 0 Å². The summed E-state index contributed by atoms with van der Waals surface area (Å²) >= 11 is 1.68. The molecule has 4 nitrogen and oxygen atoms in total. The molecule has 1 fully saturated rings. The first kappa shape index (κ1) is 20.8. The van der Waals surface area contributed by atoms with Crippen LogP contribution in [-0.4, -0.2) is 35.1 Å². The van der Waals surface area contributed by atoms with Crippen LogP contribution in [0.3, 0.4) is 0 Å². The number of hydrogen-bond acceptors (Lipinski definition) is 3. The van der Waals surface area contributed by atoms with Crippen molar-refractivity contribution >= 4 is 23.6 Å². The summed E-state index contributed by atoms with van der Waals surface area (Å²) < 4.78 is 0. The van der Waals surface area contributed by atoms with Crippen molar-refractivity contribution in [2.45, 2.75) is 64.5 Å². The Kier molecular flexibility index (Phi) is 6.78. The van der Waals surface area contributed by atoms with Gasteiger partial charge in [-0.3, -0.25) is 9.59 Å². The topological polar surface area (TPSA) is 63.4 Å². The highest BCUT2D eigenvalue weighted by molar-refractivity contribution is 8.00. The number of piperidine rings is 1. The molecule has 2 atom stereocenters. The molecule has 1 heterocycles. The average Bonchev–Trinajstić information content (AvgIpc) is 2.59. The maximum absolute atomic E-state index is 13.3. The Bertz CT molecular complexity index is 673. The molecule has 1 aliphatic rings. The molecule has 144 valence electrons. The SMILES string of the molecule is Cc1cc(C)c(C)c(S[C@@H](C(=O)N2CCC[C@@H](C(N)=O)C2)C(C)C)c1C. The van der Waals surface area contributed by atoms with Crippen LogP contribution in [0.25, 0.3) is 0 Å². The molecule has 2 amide bonds. The summed E-state index contributed by atoms with van der Waals surface area (Å²) in [4.78, 5) is 27.9. The number of hydrogen-bond donors (Lipinski definition) is 1. The van der Waals surface area contributed by atoms with Crippen molar-refractivity contribution in [3.63, 3.8) is 0 Å². The summed E-state index contributed by atoms with van der Waals surface area (Å²) in [5.41, 5.74) is 10.5. The smallest absolute Gasteiger partial charge is 0.236 e. The molecule has 0 aliphatic carbocycles. The molecule has 0 spiro atoms. The number of nitrogens with zero attached hydrogens (tertiary/aromatic N) is 1. The average molecular weight is 377 g/mol. The van der Waals surface area contributed by atoms with Crippen molar-refractivity contribution in [3.8, 4) is 0 Å². The van der Waals surface area contributed by atoms with Crippen LogP contribution in [0.2, 0.25) is 0 Å². The first-order valence-corrected chi connectivity index (χ1v) is 10.3. The summed E-state index contributed by atoms with van der Waals surface area (Å²) in [6.45, 7) is 13.9. The van der Waals surface area contributed by atoms with E-state index in [-0.39, 0.29) is 28.9 Å². The predicted molar refractivity (Wildman–Crippen MR) is 108 cm³/mol. The molecule has 0 radical (unpaired) electrons. The molecule has 1 aliphatic heterocycles. The Morgan fingerprint density at radius 2 is 1.73 bits per heavy atom. The molecule has 2 rings (SSSR count). The Balaban J connectivity index is 2.27. The Morgan fingerprint density at radius 3 is 2.23 bits per heavy atom. The highest BCUT2D eigenvalue weighted by Crippen LogP contribution is 2.37. The molecule has 0 saturated carbocycles. The summed E-state index contributed by atoms with van der Waals surface area (Å²) in [5.74, 6) is -0.164. The van der Waals surface area contributed by atoms with Gasteiger partial charge in [0.1, 0.15) is 0 Å². The van der Waals surface area contributed by atoms with Crippen LogP contribution < -0.4 is 5.73 Å². The van der Waals surface area contributed by atoms with E-state index in [0.29, 0.717) is 6.54 Å². The highest BCUT2D eigenvalue weighted by Gasteiger charge is 2.33. The van der Waals surface area contributed by atoms with Gasteiger partial charge in [-0.1, -0.05) is 19.9 Å². The van der Waals surface area contributed by atoms with E-state index in [0.717, 1.165) is 19.4 Å². The van der Waals surface area contributed by atoms with E-state index in [4.69, 9.17) is 5.73 Å². The molecular formula is C21H32N2O2S. The normalized spacial score (nSPS) is 18.9. The summed E-state index contributed by atoms with van der Waals surface area (Å²) in [6, 6.07) is 2.21. The lowest BCUT2D eigenvalue weighted by Gasteiger charge is -2.35. The van der Waals surface area contributed by atoms with Crippen LogP contribution >= 0.6 is 11.8 Å². The minimum Gasteiger partial charge on any atom is -0.369 e. The molecule has 0 unspecified atom stereocenters. The number of amides is 2. The number of nitrogens with two attached hydrogens (primary N) is 1. The monoisotopic (exact) mass is 376 g/mol. The molecular weight excluding hydrogens is 344 g/mol. The van der Waals surface area contributed by atoms with Crippen LogP contribution in [0.1, 0.15) is 48.9 Å². The number of likely N-dealkylation sites (tertiary alicyclic amines) is 1. The fourth-order valence-corrected chi connectivity index (χ4v) is 5.00. The van der Waals surface area contributed by atoms with Crippen molar-refractivity contribution in [2.24, 2.45) is 17.6 Å². The summed E-state index contributed by atoms with van der Waals surface area (Å²) in [6.07, 6.45) is 1.63. The van der Waals surface area contributed by atoms with Gasteiger partial charge in [0.05, 0.1) is 11.2 Å². The maximum atomic E-state index is 13.3. The second-order valence-corrected chi connectivity index (χ2v) is 9.05. The van der Waals surface area contributed by atoms with E-state index < -0.39 is 0 Å². The van der Waals surface area contributed by atoms with E-state index in [1.165, 1.54) is 27.1 Å². The lowest BCUT2D eigenvalue weighted by Crippen LogP contribution is -2.48. The third-order valence-corrected chi connectivity index (χ3v) is 7.37. The van der Waals surface area contributed by atoms with Crippen molar-refractivity contribution in [3.05, 3.63) is 28.3 Å². The van der Waals surface area contributed by atoms with E-state index in [1.807, 2.05) is 4.90 Å². The van der Waals surface area contributed by atoms with Gasteiger partial charge in [-0.2, -0.15) is 0 Å². The Morgan fingerprint density at radius 1 is 1.15 bits per heavy atom. The van der Waals surface area contributed by atoms with Crippen molar-refractivity contribution in [1.29, 1.82) is 0 Å². The van der Waals surface area contributed by atoms with Crippen molar-refractivity contribution < 1.29 is 9.59 Å². The number of benzene rings is 1. The van der Waals surface area contributed by atoms with Gasteiger partial charge < -0.3 is 10.6 Å².